The summed E-state index contributed by atoms with van der Waals surface area (Å²) in [6, 6.07) is 5.41. The van der Waals surface area contributed by atoms with E-state index in [1.807, 2.05) is 6.07 Å². The van der Waals surface area contributed by atoms with Gasteiger partial charge in [0.15, 0.2) is 5.65 Å². The van der Waals surface area contributed by atoms with Crippen molar-refractivity contribution in [3.63, 3.8) is 0 Å². The average molecular weight is 274 g/mol. The Labute approximate surface area is 113 Å². The van der Waals surface area contributed by atoms with Crippen LogP contribution in [0.15, 0.2) is 35.4 Å². The molecular weight excluding hydrogens is 260 g/mol. The van der Waals surface area contributed by atoms with Crippen molar-refractivity contribution in [3.05, 3.63) is 46.8 Å². The van der Waals surface area contributed by atoms with Gasteiger partial charge in [0.05, 0.1) is 18.8 Å². The van der Waals surface area contributed by atoms with Crippen molar-refractivity contribution in [2.75, 3.05) is 6.61 Å². The first kappa shape index (κ1) is 12.5. The molecule has 0 radical (unpaired) electrons. The molecule has 20 heavy (non-hydrogen) atoms. The van der Waals surface area contributed by atoms with Gasteiger partial charge in [-0.05, 0) is 12.1 Å². The van der Waals surface area contributed by atoms with Gasteiger partial charge in [0.25, 0.3) is 0 Å². The number of rotatable bonds is 5. The number of aliphatic hydroxyl groups excluding tert-OH is 1. The summed E-state index contributed by atoms with van der Waals surface area (Å²) in [4.78, 5) is 12.0. The second-order valence-electron chi connectivity index (χ2n) is 4.38. The van der Waals surface area contributed by atoms with E-state index in [-0.39, 0.29) is 12.3 Å². The van der Waals surface area contributed by atoms with Gasteiger partial charge >= 0.3 is 5.69 Å². The summed E-state index contributed by atoms with van der Waals surface area (Å²) in [6.07, 6.45) is 3.93. The van der Waals surface area contributed by atoms with Gasteiger partial charge in [-0.25, -0.2) is 9.48 Å². The molecule has 0 spiro atoms. The van der Waals surface area contributed by atoms with Gasteiger partial charge in [-0.1, -0.05) is 11.3 Å². The highest BCUT2D eigenvalue weighted by Crippen LogP contribution is 1.97. The second kappa shape index (κ2) is 5.25. The fourth-order valence-electron chi connectivity index (χ4n) is 1.99. The minimum absolute atomic E-state index is 0.0462. The normalized spacial score (nSPS) is 11.2. The molecule has 104 valence electrons. The van der Waals surface area contributed by atoms with Crippen LogP contribution in [0.4, 0.5) is 0 Å². The fourth-order valence-corrected chi connectivity index (χ4v) is 1.99. The van der Waals surface area contributed by atoms with E-state index in [1.165, 1.54) is 9.08 Å². The van der Waals surface area contributed by atoms with Crippen LogP contribution in [0.5, 0.6) is 0 Å². The molecule has 1 N–H and O–H groups in total. The van der Waals surface area contributed by atoms with Gasteiger partial charge in [0, 0.05) is 25.4 Å². The van der Waals surface area contributed by atoms with E-state index in [9.17, 15) is 4.79 Å². The maximum absolute atomic E-state index is 12.0. The smallest absolute Gasteiger partial charge is 0.350 e. The largest absolute Gasteiger partial charge is 0.396 e. The van der Waals surface area contributed by atoms with E-state index in [4.69, 9.17) is 5.11 Å². The highest BCUT2D eigenvalue weighted by atomic mass is 16.3. The predicted octanol–water partition coefficient (Wildman–Crippen LogP) is -0.678. The van der Waals surface area contributed by atoms with Crippen LogP contribution in [0, 0.1) is 0 Å². The molecule has 0 aliphatic carbocycles. The van der Waals surface area contributed by atoms with Crippen LogP contribution in [-0.4, -0.2) is 40.9 Å². The molecule has 0 saturated carbocycles. The average Bonchev–Trinajstić information content (AvgIpc) is 3.03. The first-order chi connectivity index (χ1) is 9.78. The van der Waals surface area contributed by atoms with Gasteiger partial charge in [-0.2, -0.15) is 0 Å². The Bertz CT molecular complexity index is 771. The molecule has 0 unspecified atom stereocenters. The molecule has 0 aliphatic heterocycles. The van der Waals surface area contributed by atoms with Crippen LogP contribution in [0.25, 0.3) is 5.65 Å². The third-order valence-electron chi connectivity index (χ3n) is 2.98. The Morgan fingerprint density at radius 1 is 1.25 bits per heavy atom. The number of fused-ring (bicyclic) bond motifs is 1. The number of aryl methyl sites for hydroxylation is 2. The van der Waals surface area contributed by atoms with Crippen LogP contribution >= 0.6 is 0 Å². The lowest BCUT2D eigenvalue weighted by molar-refractivity contribution is 0.298. The number of hydrogen-bond donors (Lipinski definition) is 1. The van der Waals surface area contributed by atoms with Crippen LogP contribution < -0.4 is 5.69 Å². The molecule has 8 heteroatoms. The van der Waals surface area contributed by atoms with Gasteiger partial charge < -0.3 is 5.11 Å². The lowest BCUT2D eigenvalue weighted by Crippen LogP contribution is -2.23. The SMILES string of the molecule is O=c1n(CCn2cc(CCO)nn2)nc2ccccn12. The molecule has 0 atom stereocenters. The standard InChI is InChI=1S/C12H14N6O2/c19-8-4-10-9-16(15-13-10)6-7-18-12(20)17-5-2-1-3-11(17)14-18/h1-3,5,9,19H,4,6-8H2. The minimum Gasteiger partial charge on any atom is -0.396 e. The first-order valence-electron chi connectivity index (χ1n) is 6.32. The summed E-state index contributed by atoms with van der Waals surface area (Å²) in [7, 11) is 0. The topological polar surface area (TPSA) is 90.2 Å². The quantitative estimate of drug-likeness (QED) is 0.666. The molecule has 0 aromatic carbocycles. The molecule has 0 bridgehead atoms. The molecule has 0 saturated heterocycles. The predicted molar refractivity (Wildman–Crippen MR) is 70.3 cm³/mol. The van der Waals surface area contributed by atoms with Crippen LogP contribution in [0.1, 0.15) is 5.69 Å². The monoisotopic (exact) mass is 274 g/mol. The van der Waals surface area contributed by atoms with Crippen molar-refractivity contribution in [1.29, 1.82) is 0 Å². The Hall–Kier alpha value is -2.48. The Morgan fingerprint density at radius 3 is 2.95 bits per heavy atom. The van der Waals surface area contributed by atoms with Gasteiger partial charge in [-0.15, -0.1) is 10.2 Å². The maximum atomic E-state index is 12.0. The zero-order valence-electron chi connectivity index (χ0n) is 10.8. The number of pyridine rings is 1. The summed E-state index contributed by atoms with van der Waals surface area (Å²) < 4.78 is 4.54. The van der Waals surface area contributed by atoms with Crippen molar-refractivity contribution < 1.29 is 5.11 Å². The number of hydrogen-bond acceptors (Lipinski definition) is 5. The zero-order valence-corrected chi connectivity index (χ0v) is 10.8. The molecule has 0 amide bonds. The number of nitrogens with zero attached hydrogens (tertiary/aromatic N) is 6. The van der Waals surface area contributed by atoms with Gasteiger partial charge in [-0.3, -0.25) is 9.08 Å². The van der Waals surface area contributed by atoms with Crippen LogP contribution in [0.2, 0.25) is 0 Å². The summed E-state index contributed by atoms with van der Waals surface area (Å²) in [5.74, 6) is 0. The molecule has 3 rings (SSSR count). The molecule has 0 aliphatic rings. The molecule has 3 aromatic heterocycles. The molecule has 0 fully saturated rings. The van der Waals surface area contributed by atoms with Crippen molar-refractivity contribution in [2.24, 2.45) is 0 Å². The van der Waals surface area contributed by atoms with Crippen molar-refractivity contribution in [3.8, 4) is 0 Å². The summed E-state index contributed by atoms with van der Waals surface area (Å²) >= 11 is 0. The molecular formula is C12H14N6O2. The van der Waals surface area contributed by atoms with Crippen LogP contribution in [-0.2, 0) is 19.5 Å². The third-order valence-corrected chi connectivity index (χ3v) is 2.98. The fraction of sp³-hybridized carbons (Fsp3) is 0.333. The second-order valence-corrected chi connectivity index (χ2v) is 4.38. The highest BCUT2D eigenvalue weighted by molar-refractivity contribution is 5.35. The lowest BCUT2D eigenvalue weighted by atomic mass is 10.3. The Kier molecular flexibility index (Phi) is 3.30. The molecule has 3 aromatic rings. The van der Waals surface area contributed by atoms with E-state index >= 15 is 0 Å². The molecule has 8 nitrogen and oxygen atoms in total. The Morgan fingerprint density at radius 2 is 2.15 bits per heavy atom. The van der Waals surface area contributed by atoms with E-state index in [2.05, 4.69) is 15.4 Å². The first-order valence-corrected chi connectivity index (χ1v) is 6.32. The summed E-state index contributed by atoms with van der Waals surface area (Å²) in [5.41, 5.74) is 1.18. The number of aromatic nitrogens is 6. The van der Waals surface area contributed by atoms with E-state index in [0.717, 1.165) is 5.69 Å². The van der Waals surface area contributed by atoms with E-state index < -0.39 is 0 Å². The Balaban J connectivity index is 1.76. The maximum Gasteiger partial charge on any atom is 0.350 e. The summed E-state index contributed by atoms with van der Waals surface area (Å²) in [6.45, 7) is 0.968. The summed E-state index contributed by atoms with van der Waals surface area (Å²) in [5, 5.41) is 20.9. The van der Waals surface area contributed by atoms with Crippen molar-refractivity contribution in [1.82, 2.24) is 29.2 Å². The van der Waals surface area contributed by atoms with E-state index in [1.54, 1.807) is 29.2 Å². The van der Waals surface area contributed by atoms with Crippen molar-refractivity contribution >= 4 is 5.65 Å². The number of aliphatic hydroxyl groups is 1. The highest BCUT2D eigenvalue weighted by Gasteiger charge is 2.06. The lowest BCUT2D eigenvalue weighted by Gasteiger charge is -1.98. The van der Waals surface area contributed by atoms with Crippen molar-refractivity contribution in [2.45, 2.75) is 19.5 Å². The van der Waals surface area contributed by atoms with Gasteiger partial charge in [0.2, 0.25) is 0 Å². The zero-order chi connectivity index (χ0) is 13.9. The third kappa shape index (κ3) is 2.32. The molecule has 3 heterocycles. The van der Waals surface area contributed by atoms with Crippen LogP contribution in [0.3, 0.4) is 0 Å². The van der Waals surface area contributed by atoms with E-state index in [0.29, 0.717) is 25.2 Å². The minimum atomic E-state index is -0.170. The van der Waals surface area contributed by atoms with Gasteiger partial charge in [0.1, 0.15) is 0 Å².